The lowest BCUT2D eigenvalue weighted by atomic mass is 10.1. The molecule has 0 bridgehead atoms. The fourth-order valence-corrected chi connectivity index (χ4v) is 5.37. The molecule has 2 aromatic heterocycles. The first-order valence-corrected chi connectivity index (χ1v) is 12.5. The van der Waals surface area contributed by atoms with Crippen molar-refractivity contribution in [1.82, 2.24) is 14.7 Å². The Bertz CT molecular complexity index is 1520. The van der Waals surface area contributed by atoms with Gasteiger partial charge in [0.1, 0.15) is 28.6 Å². The molecule has 1 atom stereocenters. The van der Waals surface area contributed by atoms with Gasteiger partial charge in [0, 0.05) is 17.3 Å². The second kappa shape index (κ2) is 9.29. The van der Waals surface area contributed by atoms with Crippen molar-refractivity contribution >= 4 is 39.1 Å². The molecule has 1 fully saturated rings. The summed E-state index contributed by atoms with van der Waals surface area (Å²) >= 11 is 5.93. The van der Waals surface area contributed by atoms with Gasteiger partial charge in [-0.1, -0.05) is 17.7 Å². The summed E-state index contributed by atoms with van der Waals surface area (Å²) in [5, 5.41) is 12.7. The van der Waals surface area contributed by atoms with Crippen LogP contribution in [0.5, 0.6) is 11.6 Å². The molecule has 1 N–H and O–H groups in total. The van der Waals surface area contributed by atoms with E-state index in [4.69, 9.17) is 16.3 Å². The van der Waals surface area contributed by atoms with E-state index in [1.165, 1.54) is 10.6 Å². The Kier molecular flexibility index (Phi) is 6.41. The number of pyridine rings is 1. The number of halogens is 1. The molecule has 1 amide bonds. The number of hydrogen-bond donors (Lipinski definition) is 1. The predicted octanol–water partition coefficient (Wildman–Crippen LogP) is 2.66. The van der Waals surface area contributed by atoms with Crippen molar-refractivity contribution in [3.05, 3.63) is 74.7 Å². The minimum Gasteiger partial charge on any atom is -0.438 e. The number of carbonyl (C=O) groups excluding carboxylic acids is 1. The second-order valence-electron chi connectivity index (χ2n) is 7.82. The molecule has 4 rings (SSSR count). The first-order chi connectivity index (χ1) is 16.2. The number of nitriles is 1. The number of rotatable bonds is 5. The molecule has 1 aromatic carbocycles. The molecule has 0 unspecified atom stereocenters. The minimum atomic E-state index is -3.22. The van der Waals surface area contributed by atoms with Gasteiger partial charge in [0.2, 0.25) is 5.88 Å². The third kappa shape index (κ3) is 4.95. The Balaban J connectivity index is 1.78. The maximum Gasteiger partial charge on any atom is 0.269 e. The largest absolute Gasteiger partial charge is 0.438 e. The predicted molar refractivity (Wildman–Crippen MR) is 127 cm³/mol. The highest BCUT2D eigenvalue weighted by Gasteiger charge is 2.30. The molecule has 3 heterocycles. The third-order valence-electron chi connectivity index (χ3n) is 5.30. The van der Waals surface area contributed by atoms with E-state index in [0.717, 1.165) is 11.6 Å². The van der Waals surface area contributed by atoms with Crippen LogP contribution in [0.3, 0.4) is 0 Å². The number of carbonyl (C=O) groups is 1. The molecule has 34 heavy (non-hydrogen) atoms. The number of nitrogens with zero attached hydrogens (tertiary/aromatic N) is 3. The first-order valence-electron chi connectivity index (χ1n) is 10.3. The fraction of sp³-hybridized carbons (Fsp3) is 0.217. The topological polar surface area (TPSA) is 131 Å². The summed E-state index contributed by atoms with van der Waals surface area (Å²) < 4.78 is 30.5. The molecule has 0 saturated carbocycles. The van der Waals surface area contributed by atoms with Crippen LogP contribution in [-0.2, 0) is 14.6 Å². The maximum absolute atomic E-state index is 13.3. The summed E-state index contributed by atoms with van der Waals surface area (Å²) in [6.07, 6.45) is 2.89. The number of amides is 1. The van der Waals surface area contributed by atoms with Crippen molar-refractivity contribution in [3.63, 3.8) is 0 Å². The van der Waals surface area contributed by atoms with Gasteiger partial charge in [-0.2, -0.15) is 10.2 Å². The molecular formula is C23H19ClN4O5S. The van der Waals surface area contributed by atoms with Crippen LogP contribution in [0.4, 0.5) is 0 Å². The number of ether oxygens (including phenoxy) is 1. The van der Waals surface area contributed by atoms with Gasteiger partial charge in [0.15, 0.2) is 9.84 Å². The first kappa shape index (κ1) is 23.5. The monoisotopic (exact) mass is 498 g/mol. The van der Waals surface area contributed by atoms with Crippen LogP contribution in [-0.4, -0.2) is 41.3 Å². The van der Waals surface area contributed by atoms with Gasteiger partial charge in [-0.05, 0) is 55.3 Å². The van der Waals surface area contributed by atoms with E-state index in [1.807, 2.05) is 0 Å². The van der Waals surface area contributed by atoms with E-state index in [0.29, 0.717) is 16.4 Å². The van der Waals surface area contributed by atoms with Gasteiger partial charge in [-0.3, -0.25) is 14.0 Å². The molecule has 9 nitrogen and oxygen atoms in total. The molecule has 0 spiro atoms. The number of aryl methyl sites for hydroxylation is 1. The molecule has 0 radical (unpaired) electrons. The van der Waals surface area contributed by atoms with E-state index in [-0.39, 0.29) is 34.9 Å². The van der Waals surface area contributed by atoms with Gasteiger partial charge < -0.3 is 10.1 Å². The SMILES string of the molecule is Cc1cccn2c(=O)c(/C=C(\C#N)C(=O)N[C@H]3CCS(=O)(=O)C3)c(Oc3ccc(Cl)cc3)nc12. The van der Waals surface area contributed by atoms with Crippen molar-refractivity contribution in [3.8, 4) is 17.7 Å². The van der Waals surface area contributed by atoms with Crippen LogP contribution in [0.15, 0.2) is 53.0 Å². The molecule has 1 saturated heterocycles. The average molecular weight is 499 g/mol. The minimum absolute atomic E-state index is 0.0298. The molecule has 174 valence electrons. The zero-order valence-electron chi connectivity index (χ0n) is 18.0. The van der Waals surface area contributed by atoms with E-state index in [2.05, 4.69) is 10.3 Å². The van der Waals surface area contributed by atoms with Crippen molar-refractivity contribution in [2.75, 3.05) is 11.5 Å². The summed E-state index contributed by atoms with van der Waals surface area (Å²) in [7, 11) is -3.22. The number of fused-ring (bicyclic) bond motifs is 1. The molecular weight excluding hydrogens is 480 g/mol. The van der Waals surface area contributed by atoms with E-state index in [1.54, 1.807) is 49.4 Å². The number of hydrogen-bond acceptors (Lipinski definition) is 7. The number of nitrogens with one attached hydrogen (secondary N) is 1. The van der Waals surface area contributed by atoms with Gasteiger partial charge in [0.25, 0.3) is 11.5 Å². The molecule has 3 aromatic rings. The third-order valence-corrected chi connectivity index (χ3v) is 7.32. The highest BCUT2D eigenvalue weighted by Crippen LogP contribution is 2.26. The molecule has 1 aliphatic heterocycles. The van der Waals surface area contributed by atoms with Crippen molar-refractivity contribution in [1.29, 1.82) is 5.26 Å². The van der Waals surface area contributed by atoms with E-state index >= 15 is 0 Å². The smallest absolute Gasteiger partial charge is 0.269 e. The van der Waals surface area contributed by atoms with E-state index < -0.39 is 27.3 Å². The highest BCUT2D eigenvalue weighted by atomic mass is 35.5. The zero-order chi connectivity index (χ0) is 24.5. The van der Waals surface area contributed by atoms with Crippen molar-refractivity contribution < 1.29 is 17.9 Å². The normalized spacial score (nSPS) is 17.3. The van der Waals surface area contributed by atoms with Crippen LogP contribution < -0.4 is 15.6 Å². The molecule has 0 aliphatic carbocycles. The Morgan fingerprint density at radius 2 is 2.06 bits per heavy atom. The second-order valence-corrected chi connectivity index (χ2v) is 10.5. The summed E-state index contributed by atoms with van der Waals surface area (Å²) in [4.78, 5) is 30.5. The quantitative estimate of drug-likeness (QED) is 0.422. The van der Waals surface area contributed by atoms with Gasteiger partial charge in [-0.15, -0.1) is 0 Å². The Hall–Kier alpha value is -3.68. The van der Waals surface area contributed by atoms with Crippen molar-refractivity contribution in [2.45, 2.75) is 19.4 Å². The summed E-state index contributed by atoms with van der Waals surface area (Å²) in [5.41, 5.74) is 0.0479. The number of benzene rings is 1. The Labute approximate surface area is 200 Å². The summed E-state index contributed by atoms with van der Waals surface area (Å²) in [5.74, 6) is -0.746. The van der Waals surface area contributed by atoms with E-state index in [9.17, 15) is 23.3 Å². The van der Waals surface area contributed by atoms with Crippen LogP contribution in [0.25, 0.3) is 11.7 Å². The number of sulfone groups is 1. The number of aromatic nitrogens is 2. The van der Waals surface area contributed by atoms with Gasteiger partial charge in [-0.25, -0.2) is 8.42 Å². The fourth-order valence-electron chi connectivity index (χ4n) is 3.57. The van der Waals surface area contributed by atoms with Crippen LogP contribution >= 0.6 is 11.6 Å². The Morgan fingerprint density at radius 1 is 1.32 bits per heavy atom. The average Bonchev–Trinajstić information content (AvgIpc) is 3.14. The van der Waals surface area contributed by atoms with Crippen molar-refractivity contribution in [2.24, 2.45) is 0 Å². The lowest BCUT2D eigenvalue weighted by Gasteiger charge is -2.12. The highest BCUT2D eigenvalue weighted by molar-refractivity contribution is 7.91. The lowest BCUT2D eigenvalue weighted by Crippen LogP contribution is -2.36. The molecule has 1 aliphatic rings. The summed E-state index contributed by atoms with van der Waals surface area (Å²) in [6.45, 7) is 1.78. The zero-order valence-corrected chi connectivity index (χ0v) is 19.6. The summed E-state index contributed by atoms with van der Waals surface area (Å²) in [6, 6.07) is 11.0. The van der Waals surface area contributed by atoms with Gasteiger partial charge >= 0.3 is 0 Å². The van der Waals surface area contributed by atoms with Gasteiger partial charge in [0.05, 0.1) is 11.5 Å². The lowest BCUT2D eigenvalue weighted by molar-refractivity contribution is -0.117. The van der Waals surface area contributed by atoms with Crippen LogP contribution in [0.2, 0.25) is 5.02 Å². The Morgan fingerprint density at radius 3 is 2.71 bits per heavy atom. The van der Waals surface area contributed by atoms with Crippen LogP contribution in [0.1, 0.15) is 17.5 Å². The standard InChI is InChI=1S/C23H19ClN4O5S/c1-14-3-2-9-28-20(14)27-22(33-18-6-4-16(24)5-7-18)19(23(28)30)11-15(12-25)21(29)26-17-8-10-34(31,32)13-17/h2-7,9,11,17H,8,10,13H2,1H3,(H,26,29)/b15-11+/t17-/m0/s1. The van der Waals surface area contributed by atoms with Crippen LogP contribution in [0, 0.1) is 18.3 Å². The maximum atomic E-state index is 13.3. The molecule has 11 heteroatoms.